The van der Waals surface area contributed by atoms with Gasteiger partial charge in [-0.2, -0.15) is 0 Å². The maximum Gasteiger partial charge on any atom is 0.375 e. The van der Waals surface area contributed by atoms with Crippen molar-refractivity contribution in [2.24, 2.45) is 0 Å². The molecule has 0 aliphatic rings. The van der Waals surface area contributed by atoms with Crippen molar-refractivity contribution >= 4 is 33.3 Å². The molecule has 1 heterocycles. The number of esters is 1. The summed E-state index contributed by atoms with van der Waals surface area (Å²) in [6, 6.07) is 13.0. The maximum absolute atomic E-state index is 12.6. The van der Waals surface area contributed by atoms with Gasteiger partial charge in [0.15, 0.2) is 16.4 Å². The van der Waals surface area contributed by atoms with Crippen molar-refractivity contribution in [3.63, 3.8) is 0 Å². The van der Waals surface area contributed by atoms with Gasteiger partial charge in [-0.05, 0) is 50.1 Å². The minimum absolute atomic E-state index is 0.106. The highest BCUT2D eigenvalue weighted by molar-refractivity contribution is 7.90. The Morgan fingerprint density at radius 3 is 2.26 bits per heavy atom. The van der Waals surface area contributed by atoms with Crippen LogP contribution < -0.4 is 10.6 Å². The van der Waals surface area contributed by atoms with Gasteiger partial charge in [-0.15, -0.1) is 0 Å². The first-order valence-corrected chi connectivity index (χ1v) is 12.4. The van der Waals surface area contributed by atoms with Crippen molar-refractivity contribution in [1.82, 2.24) is 5.32 Å². The van der Waals surface area contributed by atoms with E-state index in [0.717, 1.165) is 16.7 Å². The van der Waals surface area contributed by atoms with Crippen LogP contribution in [0.5, 0.6) is 0 Å². The van der Waals surface area contributed by atoms with E-state index in [2.05, 4.69) is 10.6 Å². The molecule has 2 N–H and O–H groups in total. The third kappa shape index (κ3) is 6.80. The molecule has 3 rings (SSSR count). The number of sulfone groups is 1. The average molecular weight is 499 g/mol. The number of carbonyl (C=O) groups excluding carboxylic acids is 3. The molecule has 2 amide bonds. The van der Waals surface area contributed by atoms with Gasteiger partial charge in [0.2, 0.25) is 11.7 Å². The third-order valence-electron chi connectivity index (χ3n) is 5.10. The number of amides is 2. The minimum atomic E-state index is -3.71. The van der Waals surface area contributed by atoms with Gasteiger partial charge in [-0.3, -0.25) is 9.59 Å². The Labute approximate surface area is 203 Å². The largest absolute Gasteiger partial charge is 0.457 e. The molecule has 9 nitrogen and oxygen atoms in total. The summed E-state index contributed by atoms with van der Waals surface area (Å²) in [5.41, 5.74) is 3.67. The first-order chi connectivity index (χ1) is 16.6. The fourth-order valence-corrected chi connectivity index (χ4v) is 4.91. The third-order valence-corrected chi connectivity index (χ3v) is 6.78. The van der Waals surface area contributed by atoms with Crippen LogP contribution in [0.3, 0.4) is 0 Å². The van der Waals surface area contributed by atoms with Crippen LogP contribution in [0, 0.1) is 20.8 Å². The van der Waals surface area contributed by atoms with E-state index in [1.807, 2.05) is 32.9 Å². The number of ether oxygens (including phenoxy) is 1. The fourth-order valence-electron chi connectivity index (χ4n) is 3.53. The number of benzene rings is 2. The van der Waals surface area contributed by atoms with Crippen LogP contribution >= 0.6 is 0 Å². The number of anilines is 1. The van der Waals surface area contributed by atoms with Gasteiger partial charge in [-0.1, -0.05) is 35.9 Å². The summed E-state index contributed by atoms with van der Waals surface area (Å²) in [5.74, 6) is -2.89. The molecule has 0 aliphatic heterocycles. The van der Waals surface area contributed by atoms with Crippen LogP contribution in [0.1, 0.15) is 32.8 Å². The molecule has 184 valence electrons. The molecule has 2 aromatic carbocycles. The SMILES string of the molecule is Cc1cc(C)c(NC(=O)CNC(=O)COC(=O)c2occc2CS(=O)(=O)c2ccccc2)c(C)c1. The molecule has 0 saturated carbocycles. The molecule has 0 spiro atoms. The second-order valence-corrected chi connectivity index (χ2v) is 10.0. The Morgan fingerprint density at radius 1 is 0.943 bits per heavy atom. The van der Waals surface area contributed by atoms with Crippen LogP contribution in [0.2, 0.25) is 0 Å². The van der Waals surface area contributed by atoms with Crippen LogP contribution in [-0.2, 0) is 29.9 Å². The van der Waals surface area contributed by atoms with Crippen molar-refractivity contribution in [2.75, 3.05) is 18.5 Å². The van der Waals surface area contributed by atoms with Crippen molar-refractivity contribution in [3.05, 3.63) is 82.8 Å². The van der Waals surface area contributed by atoms with E-state index in [0.29, 0.717) is 5.69 Å². The highest BCUT2D eigenvalue weighted by atomic mass is 32.2. The number of carbonyl (C=O) groups is 3. The summed E-state index contributed by atoms with van der Waals surface area (Å²) >= 11 is 0. The molecule has 0 radical (unpaired) electrons. The van der Waals surface area contributed by atoms with E-state index in [-0.39, 0.29) is 22.8 Å². The van der Waals surface area contributed by atoms with Gasteiger partial charge < -0.3 is 19.8 Å². The lowest BCUT2D eigenvalue weighted by molar-refractivity contribution is -0.126. The summed E-state index contributed by atoms with van der Waals surface area (Å²) in [4.78, 5) is 36.7. The lowest BCUT2D eigenvalue weighted by Gasteiger charge is -2.13. The normalized spacial score (nSPS) is 11.1. The molecule has 10 heteroatoms. The fraction of sp³-hybridized carbons (Fsp3) is 0.240. The van der Waals surface area contributed by atoms with Gasteiger partial charge in [0.1, 0.15) is 0 Å². The maximum atomic E-state index is 12.6. The van der Waals surface area contributed by atoms with Crippen LogP contribution in [0.15, 0.2) is 64.1 Å². The number of furan rings is 1. The van der Waals surface area contributed by atoms with Crippen molar-refractivity contribution in [1.29, 1.82) is 0 Å². The first-order valence-electron chi connectivity index (χ1n) is 10.7. The van der Waals surface area contributed by atoms with E-state index < -0.39 is 40.0 Å². The molecule has 0 aliphatic carbocycles. The summed E-state index contributed by atoms with van der Waals surface area (Å²) < 4.78 is 35.2. The second-order valence-electron chi connectivity index (χ2n) is 8.02. The standard InChI is InChI=1S/C25H26N2O7S/c1-16-11-17(2)23(18(3)12-16)27-21(28)13-26-22(29)14-34-25(30)24-19(9-10-33-24)15-35(31,32)20-7-5-4-6-8-20/h4-12H,13-15H2,1-3H3,(H,26,29)(H,27,28). The van der Waals surface area contributed by atoms with Gasteiger partial charge in [0, 0.05) is 11.3 Å². The molecule has 0 atom stereocenters. The first kappa shape index (κ1) is 25.7. The lowest BCUT2D eigenvalue weighted by atomic mass is 10.1. The van der Waals surface area contributed by atoms with Crippen LogP contribution in [-0.4, -0.2) is 39.4 Å². The lowest BCUT2D eigenvalue weighted by Crippen LogP contribution is -2.35. The molecule has 0 unspecified atom stereocenters. The molecule has 35 heavy (non-hydrogen) atoms. The van der Waals surface area contributed by atoms with Gasteiger partial charge >= 0.3 is 5.97 Å². The van der Waals surface area contributed by atoms with Crippen LogP contribution in [0.4, 0.5) is 5.69 Å². The number of nitrogens with one attached hydrogen (secondary N) is 2. The smallest absolute Gasteiger partial charge is 0.375 e. The van der Waals surface area contributed by atoms with Crippen LogP contribution in [0.25, 0.3) is 0 Å². The van der Waals surface area contributed by atoms with Gasteiger partial charge in [0.25, 0.3) is 5.91 Å². The zero-order valence-electron chi connectivity index (χ0n) is 19.6. The highest BCUT2D eigenvalue weighted by Gasteiger charge is 2.24. The monoisotopic (exact) mass is 498 g/mol. The van der Waals surface area contributed by atoms with E-state index >= 15 is 0 Å². The van der Waals surface area contributed by atoms with Crippen molar-refractivity contribution in [2.45, 2.75) is 31.4 Å². The Morgan fingerprint density at radius 2 is 1.60 bits per heavy atom. The highest BCUT2D eigenvalue weighted by Crippen LogP contribution is 2.22. The number of aryl methyl sites for hydroxylation is 3. The Bertz CT molecular complexity index is 1320. The Balaban J connectivity index is 1.51. The van der Waals surface area contributed by atoms with E-state index in [1.165, 1.54) is 24.5 Å². The predicted molar refractivity (Wildman–Crippen MR) is 129 cm³/mol. The van der Waals surface area contributed by atoms with Crippen molar-refractivity contribution < 1.29 is 32.0 Å². The topological polar surface area (TPSA) is 132 Å². The van der Waals surface area contributed by atoms with Gasteiger partial charge in [0.05, 0.1) is 23.5 Å². The zero-order valence-corrected chi connectivity index (χ0v) is 20.4. The molecule has 1 aromatic heterocycles. The van der Waals surface area contributed by atoms with E-state index in [9.17, 15) is 22.8 Å². The molecule has 3 aromatic rings. The molecular formula is C25H26N2O7S. The zero-order chi connectivity index (χ0) is 25.6. The second kappa shape index (κ2) is 11.0. The molecule has 0 bridgehead atoms. The number of rotatable bonds is 9. The quantitative estimate of drug-likeness (QED) is 0.433. The van der Waals surface area contributed by atoms with E-state index in [4.69, 9.17) is 9.15 Å². The predicted octanol–water partition coefficient (Wildman–Crippen LogP) is 3.09. The molecule has 0 saturated heterocycles. The Hall–Kier alpha value is -3.92. The Kier molecular flexibility index (Phi) is 8.08. The van der Waals surface area contributed by atoms with E-state index in [1.54, 1.807) is 18.2 Å². The summed E-state index contributed by atoms with van der Waals surface area (Å²) in [6.45, 7) is 4.73. The summed E-state index contributed by atoms with van der Waals surface area (Å²) in [7, 11) is -3.71. The summed E-state index contributed by atoms with van der Waals surface area (Å²) in [5, 5.41) is 5.13. The molecular weight excluding hydrogens is 472 g/mol. The summed E-state index contributed by atoms with van der Waals surface area (Å²) in [6.07, 6.45) is 1.17. The molecule has 0 fully saturated rings. The van der Waals surface area contributed by atoms with Gasteiger partial charge in [-0.25, -0.2) is 13.2 Å². The minimum Gasteiger partial charge on any atom is -0.457 e. The number of hydrogen-bond acceptors (Lipinski definition) is 7. The van der Waals surface area contributed by atoms with Crippen molar-refractivity contribution in [3.8, 4) is 0 Å². The number of hydrogen-bond donors (Lipinski definition) is 2. The average Bonchev–Trinajstić information content (AvgIpc) is 3.26.